The van der Waals surface area contributed by atoms with Crippen molar-refractivity contribution in [3.05, 3.63) is 75.9 Å². The molecule has 3 N–H and O–H groups in total. The number of phenols is 1. The number of amides is 2. The lowest BCUT2D eigenvalue weighted by molar-refractivity contribution is -0.143. The number of hydrogen-bond donors (Lipinski definition) is 3. The van der Waals surface area contributed by atoms with Crippen LogP contribution >= 0.6 is 0 Å². The van der Waals surface area contributed by atoms with Gasteiger partial charge in [-0.2, -0.15) is 26.3 Å². The molecule has 0 radical (unpaired) electrons. The molecule has 6 nitrogen and oxygen atoms in total. The summed E-state index contributed by atoms with van der Waals surface area (Å²) in [5.74, 6) is -5.30. The van der Waals surface area contributed by atoms with Gasteiger partial charge in [-0.3, -0.25) is 9.59 Å². The number of nitrogens with zero attached hydrogens (tertiary/aromatic N) is 1. The van der Waals surface area contributed by atoms with E-state index in [0.29, 0.717) is 41.0 Å². The van der Waals surface area contributed by atoms with Gasteiger partial charge in [0.1, 0.15) is 5.75 Å². The Morgan fingerprint density at radius 1 is 1.00 bits per heavy atom. The third-order valence-electron chi connectivity index (χ3n) is 8.12. The molecular formula is C31H31F6NO5. The minimum atomic E-state index is -5.18. The van der Waals surface area contributed by atoms with Gasteiger partial charge in [0.25, 0.3) is 0 Å². The number of alkyl halides is 6. The van der Waals surface area contributed by atoms with Crippen LogP contribution in [0.2, 0.25) is 0 Å². The fraction of sp³-hybridized carbons (Fsp3) is 0.419. The van der Waals surface area contributed by atoms with Crippen LogP contribution in [-0.2, 0) is 21.9 Å². The van der Waals surface area contributed by atoms with Crippen molar-refractivity contribution in [1.29, 1.82) is 0 Å². The van der Waals surface area contributed by atoms with Crippen LogP contribution in [0.15, 0.2) is 59.2 Å². The van der Waals surface area contributed by atoms with Gasteiger partial charge in [-0.25, -0.2) is 4.90 Å². The largest absolute Gasteiger partial charge is 0.508 e. The molecule has 1 aliphatic heterocycles. The number of allylic oxidation sites excluding steroid dienone is 2. The van der Waals surface area contributed by atoms with Gasteiger partial charge in [0.2, 0.25) is 11.8 Å². The summed E-state index contributed by atoms with van der Waals surface area (Å²) in [4.78, 5) is 27.4. The van der Waals surface area contributed by atoms with Gasteiger partial charge in [0.15, 0.2) is 0 Å². The second-order valence-electron chi connectivity index (χ2n) is 11.0. The molecule has 2 aromatic carbocycles. The molecule has 1 saturated heterocycles. The molecule has 1 heterocycles. The van der Waals surface area contributed by atoms with E-state index in [-0.39, 0.29) is 24.7 Å². The number of phenolic OH excluding ortho intramolecular Hbond substituents is 1. The SMILES string of the molecule is CCC1=C([C@H](O)CC/C(C)=C/c2ccc(O)cc2)[C@H](CO)[C@@H]2C(=O)N(c3cc(C(F)(F)F)cc(C(F)(F)F)c3)C(=O)[C@@H]2C1. The Bertz CT molecular complexity index is 1410. The number of aromatic hydroxyl groups is 1. The van der Waals surface area contributed by atoms with Crippen LogP contribution in [0.4, 0.5) is 32.0 Å². The molecule has 4 atom stereocenters. The second kappa shape index (κ2) is 12.2. The zero-order chi connectivity index (χ0) is 31.9. The topological polar surface area (TPSA) is 98.1 Å². The van der Waals surface area contributed by atoms with E-state index in [0.717, 1.165) is 11.1 Å². The van der Waals surface area contributed by atoms with Crippen molar-refractivity contribution in [3.63, 3.8) is 0 Å². The maximum atomic E-state index is 13.6. The van der Waals surface area contributed by atoms with Gasteiger partial charge < -0.3 is 15.3 Å². The van der Waals surface area contributed by atoms with E-state index in [4.69, 9.17) is 0 Å². The van der Waals surface area contributed by atoms with Crippen LogP contribution < -0.4 is 4.90 Å². The number of carbonyl (C=O) groups is 2. The molecule has 1 fully saturated rings. The summed E-state index contributed by atoms with van der Waals surface area (Å²) in [5.41, 5.74) is -1.48. The zero-order valence-electron chi connectivity index (χ0n) is 23.3. The van der Waals surface area contributed by atoms with Crippen molar-refractivity contribution in [2.24, 2.45) is 17.8 Å². The van der Waals surface area contributed by atoms with Crippen molar-refractivity contribution in [3.8, 4) is 5.75 Å². The highest BCUT2D eigenvalue weighted by Gasteiger charge is 2.55. The predicted octanol–water partition coefficient (Wildman–Crippen LogP) is 6.50. The molecule has 43 heavy (non-hydrogen) atoms. The van der Waals surface area contributed by atoms with Crippen molar-refractivity contribution >= 4 is 23.6 Å². The molecule has 0 aromatic heterocycles. The molecule has 0 unspecified atom stereocenters. The standard InChI is InChI=1S/C31H31F6NO5/c1-3-18-11-23-27(24(15-39)26(18)25(41)9-4-16(2)10-17-5-7-22(40)8-6-17)29(43)38(28(23)42)21-13-19(30(32,33)34)12-20(14-21)31(35,36)37/h5-8,10,12-14,23-25,27,39-41H,3-4,9,11,15H2,1-2H3/b16-10+/t23-,24+,25-,27-/m1/s1. The summed E-state index contributed by atoms with van der Waals surface area (Å²) < 4.78 is 81.0. The summed E-state index contributed by atoms with van der Waals surface area (Å²) in [5, 5.41) is 31.1. The Kier molecular flexibility index (Phi) is 9.13. The van der Waals surface area contributed by atoms with Gasteiger partial charge in [-0.1, -0.05) is 36.3 Å². The Morgan fingerprint density at radius 3 is 2.09 bits per heavy atom. The predicted molar refractivity (Wildman–Crippen MR) is 145 cm³/mol. The van der Waals surface area contributed by atoms with Crippen LogP contribution in [0, 0.1) is 17.8 Å². The Labute approximate surface area is 243 Å². The second-order valence-corrected chi connectivity index (χ2v) is 11.0. The van der Waals surface area contributed by atoms with Crippen LogP contribution in [0.3, 0.4) is 0 Å². The first-order valence-corrected chi connectivity index (χ1v) is 13.7. The summed E-state index contributed by atoms with van der Waals surface area (Å²) in [7, 11) is 0. The van der Waals surface area contributed by atoms with E-state index in [9.17, 15) is 51.3 Å². The quantitative estimate of drug-likeness (QED) is 0.180. The number of hydrogen-bond acceptors (Lipinski definition) is 5. The molecule has 0 saturated carbocycles. The van der Waals surface area contributed by atoms with Crippen molar-refractivity contribution < 1.29 is 51.3 Å². The molecule has 2 amide bonds. The van der Waals surface area contributed by atoms with Gasteiger partial charge in [-0.05, 0) is 74.1 Å². The normalized spacial score (nSPS) is 22.3. The molecule has 0 spiro atoms. The number of carbonyl (C=O) groups excluding carboxylic acids is 2. The minimum absolute atomic E-state index is 0.0292. The molecule has 1 aliphatic carbocycles. The number of anilines is 1. The number of rotatable bonds is 8. The summed E-state index contributed by atoms with van der Waals surface area (Å²) in [6, 6.07) is 7.08. The maximum absolute atomic E-state index is 13.6. The average Bonchev–Trinajstić information content (AvgIpc) is 3.19. The smallest absolute Gasteiger partial charge is 0.416 e. The summed E-state index contributed by atoms with van der Waals surface area (Å²) in [6.45, 7) is 2.94. The zero-order valence-corrected chi connectivity index (χ0v) is 23.3. The van der Waals surface area contributed by atoms with Crippen molar-refractivity contribution in [2.75, 3.05) is 11.5 Å². The van der Waals surface area contributed by atoms with Gasteiger partial charge >= 0.3 is 12.4 Å². The number of fused-ring (bicyclic) bond motifs is 1. The molecular weight excluding hydrogens is 580 g/mol. The Balaban J connectivity index is 1.64. The molecule has 232 valence electrons. The van der Waals surface area contributed by atoms with E-state index < -0.39 is 71.4 Å². The third kappa shape index (κ3) is 6.65. The lowest BCUT2D eigenvalue weighted by Crippen LogP contribution is -2.39. The third-order valence-corrected chi connectivity index (χ3v) is 8.12. The number of benzene rings is 2. The minimum Gasteiger partial charge on any atom is -0.508 e. The molecule has 2 aromatic rings. The lowest BCUT2D eigenvalue weighted by Gasteiger charge is -2.36. The highest BCUT2D eigenvalue weighted by molar-refractivity contribution is 6.22. The van der Waals surface area contributed by atoms with Gasteiger partial charge in [-0.15, -0.1) is 0 Å². The van der Waals surface area contributed by atoms with Crippen LogP contribution in [-0.4, -0.2) is 39.8 Å². The maximum Gasteiger partial charge on any atom is 0.416 e. The number of aliphatic hydroxyl groups is 2. The van der Waals surface area contributed by atoms with Crippen LogP contribution in [0.5, 0.6) is 5.75 Å². The highest BCUT2D eigenvalue weighted by Crippen LogP contribution is 2.49. The number of imide groups is 1. The van der Waals surface area contributed by atoms with Crippen molar-refractivity contribution in [2.45, 2.75) is 58.0 Å². The van der Waals surface area contributed by atoms with Gasteiger partial charge in [0.05, 0.1) is 41.4 Å². The van der Waals surface area contributed by atoms with E-state index >= 15 is 0 Å². The first kappa shape index (κ1) is 32.3. The monoisotopic (exact) mass is 611 g/mol. The summed E-state index contributed by atoms with van der Waals surface area (Å²) >= 11 is 0. The average molecular weight is 612 g/mol. The van der Waals surface area contributed by atoms with E-state index in [1.807, 2.05) is 13.0 Å². The molecule has 0 bridgehead atoms. The Hall–Kier alpha value is -3.64. The van der Waals surface area contributed by atoms with Crippen molar-refractivity contribution in [1.82, 2.24) is 0 Å². The number of halogens is 6. The van der Waals surface area contributed by atoms with Crippen LogP contribution in [0.1, 0.15) is 56.2 Å². The first-order chi connectivity index (χ1) is 20.1. The molecule has 2 aliphatic rings. The van der Waals surface area contributed by atoms with Crippen LogP contribution in [0.25, 0.3) is 6.08 Å². The lowest BCUT2D eigenvalue weighted by atomic mass is 9.67. The van der Waals surface area contributed by atoms with E-state index in [1.54, 1.807) is 19.1 Å². The first-order valence-electron chi connectivity index (χ1n) is 13.7. The van der Waals surface area contributed by atoms with Gasteiger partial charge in [0, 0.05) is 5.92 Å². The molecule has 4 rings (SSSR count). The Morgan fingerprint density at radius 2 is 1.58 bits per heavy atom. The van der Waals surface area contributed by atoms with E-state index in [2.05, 4.69) is 0 Å². The van der Waals surface area contributed by atoms with E-state index in [1.165, 1.54) is 12.1 Å². The fourth-order valence-electron chi connectivity index (χ4n) is 6.07. The fourth-order valence-corrected chi connectivity index (χ4v) is 6.07. The molecule has 12 heteroatoms. The highest BCUT2D eigenvalue weighted by atomic mass is 19.4. The number of aliphatic hydroxyl groups excluding tert-OH is 2. The summed E-state index contributed by atoms with van der Waals surface area (Å²) in [6.07, 6.45) is -8.69.